The summed E-state index contributed by atoms with van der Waals surface area (Å²) in [7, 11) is 0. The average Bonchev–Trinajstić information content (AvgIpc) is 2.38. The Morgan fingerprint density at radius 3 is 2.71 bits per heavy atom. The number of hydrogen-bond donors (Lipinski definition) is 1. The van der Waals surface area contributed by atoms with Gasteiger partial charge in [0.15, 0.2) is 0 Å². The topological polar surface area (TPSA) is 61.6 Å². The Hall–Kier alpha value is -2.12. The van der Waals surface area contributed by atoms with Crippen LogP contribution in [0, 0.1) is 11.3 Å². The van der Waals surface area contributed by atoms with Crippen molar-refractivity contribution in [1.29, 1.82) is 5.26 Å². The lowest BCUT2D eigenvalue weighted by atomic mass is 10.2. The summed E-state index contributed by atoms with van der Waals surface area (Å²) < 4.78 is 0. The molecule has 0 aliphatic heterocycles. The molecule has 0 saturated heterocycles. The van der Waals surface area contributed by atoms with E-state index in [2.05, 4.69) is 15.3 Å². The molecule has 0 spiro atoms. The van der Waals surface area contributed by atoms with E-state index in [-0.39, 0.29) is 0 Å². The predicted molar refractivity (Wildman–Crippen MR) is 65.5 cm³/mol. The number of rotatable bonds is 3. The summed E-state index contributed by atoms with van der Waals surface area (Å²) >= 11 is 5.92. The minimum Gasteiger partial charge on any atom is -0.381 e. The van der Waals surface area contributed by atoms with E-state index in [0.717, 1.165) is 11.3 Å². The standard InChI is InChI=1S/C12H9ClN4/c13-12-3-11(2-1-10(12)4-14)17-7-9-5-15-8-16-6-9/h1-3,5-6,8,17H,7H2. The molecule has 1 N–H and O–H groups in total. The van der Waals surface area contributed by atoms with Gasteiger partial charge in [-0.1, -0.05) is 11.6 Å². The maximum absolute atomic E-state index is 8.75. The van der Waals surface area contributed by atoms with Gasteiger partial charge in [-0.2, -0.15) is 5.26 Å². The first-order chi connectivity index (χ1) is 8.29. The van der Waals surface area contributed by atoms with Crippen molar-refractivity contribution in [2.75, 3.05) is 5.32 Å². The van der Waals surface area contributed by atoms with E-state index >= 15 is 0 Å². The summed E-state index contributed by atoms with van der Waals surface area (Å²) in [6, 6.07) is 7.24. The van der Waals surface area contributed by atoms with Crippen molar-refractivity contribution < 1.29 is 0 Å². The lowest BCUT2D eigenvalue weighted by Gasteiger charge is -2.06. The quantitative estimate of drug-likeness (QED) is 0.902. The third-order valence-corrected chi connectivity index (χ3v) is 2.51. The van der Waals surface area contributed by atoms with E-state index in [1.54, 1.807) is 24.5 Å². The Kier molecular flexibility index (Phi) is 3.53. The highest BCUT2D eigenvalue weighted by atomic mass is 35.5. The van der Waals surface area contributed by atoms with Gasteiger partial charge >= 0.3 is 0 Å². The molecule has 0 fully saturated rings. The molecule has 2 rings (SSSR count). The molecule has 1 aromatic heterocycles. The number of hydrogen-bond acceptors (Lipinski definition) is 4. The number of aromatic nitrogens is 2. The number of halogens is 1. The number of nitrogens with zero attached hydrogens (tertiary/aromatic N) is 3. The molecule has 0 saturated carbocycles. The monoisotopic (exact) mass is 244 g/mol. The van der Waals surface area contributed by atoms with Crippen molar-refractivity contribution in [2.24, 2.45) is 0 Å². The molecule has 17 heavy (non-hydrogen) atoms. The molecule has 1 heterocycles. The molecule has 0 bridgehead atoms. The molecule has 5 heteroatoms. The Balaban J connectivity index is 2.06. The summed E-state index contributed by atoms with van der Waals surface area (Å²) in [5.74, 6) is 0. The lowest BCUT2D eigenvalue weighted by Crippen LogP contribution is -2.00. The second-order valence-corrected chi connectivity index (χ2v) is 3.81. The van der Waals surface area contributed by atoms with Gasteiger partial charge in [0, 0.05) is 30.2 Å². The van der Waals surface area contributed by atoms with Crippen LogP contribution < -0.4 is 5.32 Å². The highest BCUT2D eigenvalue weighted by Crippen LogP contribution is 2.20. The molecule has 0 aliphatic rings. The minimum absolute atomic E-state index is 0.446. The zero-order valence-electron chi connectivity index (χ0n) is 8.89. The number of anilines is 1. The summed E-state index contributed by atoms with van der Waals surface area (Å²) in [4.78, 5) is 7.84. The first-order valence-electron chi connectivity index (χ1n) is 4.97. The number of nitrogens with one attached hydrogen (secondary N) is 1. The Morgan fingerprint density at radius 1 is 1.29 bits per heavy atom. The van der Waals surface area contributed by atoms with Gasteiger partial charge in [0.05, 0.1) is 10.6 Å². The van der Waals surface area contributed by atoms with Crippen LogP contribution in [0.3, 0.4) is 0 Å². The van der Waals surface area contributed by atoms with Crippen molar-refractivity contribution in [2.45, 2.75) is 6.54 Å². The summed E-state index contributed by atoms with van der Waals surface area (Å²) in [5.41, 5.74) is 2.31. The molecule has 0 aliphatic carbocycles. The van der Waals surface area contributed by atoms with Crippen LogP contribution in [0.2, 0.25) is 5.02 Å². The maximum Gasteiger partial charge on any atom is 0.115 e. The molecule has 4 nitrogen and oxygen atoms in total. The van der Waals surface area contributed by atoms with Gasteiger partial charge in [-0.15, -0.1) is 0 Å². The summed E-state index contributed by atoms with van der Waals surface area (Å²) in [6.45, 7) is 0.614. The van der Waals surface area contributed by atoms with Crippen LogP contribution in [-0.2, 0) is 6.54 Å². The van der Waals surface area contributed by atoms with Crippen molar-refractivity contribution in [1.82, 2.24) is 9.97 Å². The minimum atomic E-state index is 0.446. The molecule has 0 amide bonds. The van der Waals surface area contributed by atoms with Crippen molar-refractivity contribution in [3.63, 3.8) is 0 Å². The number of nitriles is 1. The molecular weight excluding hydrogens is 236 g/mol. The van der Waals surface area contributed by atoms with E-state index in [0.29, 0.717) is 17.1 Å². The van der Waals surface area contributed by atoms with Crippen molar-refractivity contribution in [3.05, 3.63) is 53.1 Å². The Labute approximate surface area is 104 Å². The van der Waals surface area contributed by atoms with Gasteiger partial charge in [0.1, 0.15) is 12.4 Å². The smallest absolute Gasteiger partial charge is 0.115 e. The van der Waals surface area contributed by atoms with E-state index in [1.165, 1.54) is 6.33 Å². The van der Waals surface area contributed by atoms with Crippen molar-refractivity contribution in [3.8, 4) is 6.07 Å². The largest absolute Gasteiger partial charge is 0.381 e. The second-order valence-electron chi connectivity index (χ2n) is 3.41. The molecule has 1 aromatic carbocycles. The molecule has 84 valence electrons. The third-order valence-electron chi connectivity index (χ3n) is 2.20. The van der Waals surface area contributed by atoms with Crippen LogP contribution in [0.15, 0.2) is 36.9 Å². The fourth-order valence-electron chi connectivity index (χ4n) is 1.34. The fourth-order valence-corrected chi connectivity index (χ4v) is 1.56. The van der Waals surface area contributed by atoms with Gasteiger partial charge in [0.2, 0.25) is 0 Å². The van der Waals surface area contributed by atoms with Gasteiger partial charge in [-0.05, 0) is 18.2 Å². The van der Waals surface area contributed by atoms with Gasteiger partial charge < -0.3 is 5.32 Å². The average molecular weight is 245 g/mol. The lowest BCUT2D eigenvalue weighted by molar-refractivity contribution is 1.05. The van der Waals surface area contributed by atoms with Crippen LogP contribution in [0.25, 0.3) is 0 Å². The predicted octanol–water partition coefficient (Wildman–Crippen LogP) is 2.61. The normalized spacial score (nSPS) is 9.65. The Morgan fingerprint density at radius 2 is 2.06 bits per heavy atom. The zero-order chi connectivity index (χ0) is 12.1. The first-order valence-corrected chi connectivity index (χ1v) is 5.35. The van der Waals surface area contributed by atoms with Crippen LogP contribution in [0.1, 0.15) is 11.1 Å². The molecule has 0 radical (unpaired) electrons. The third kappa shape index (κ3) is 2.92. The highest BCUT2D eigenvalue weighted by Gasteiger charge is 2.00. The van der Waals surface area contributed by atoms with Crippen molar-refractivity contribution >= 4 is 17.3 Å². The van der Waals surface area contributed by atoms with Crippen LogP contribution in [0.5, 0.6) is 0 Å². The molecular formula is C12H9ClN4. The summed E-state index contributed by atoms with van der Waals surface area (Å²) in [5, 5.41) is 12.4. The van der Waals surface area contributed by atoms with Crippen LogP contribution in [0.4, 0.5) is 5.69 Å². The summed E-state index contributed by atoms with van der Waals surface area (Å²) in [6.07, 6.45) is 4.97. The number of benzene rings is 1. The SMILES string of the molecule is N#Cc1ccc(NCc2cncnc2)cc1Cl. The van der Waals surface area contributed by atoms with Gasteiger partial charge in [-0.3, -0.25) is 0 Å². The Bertz CT molecular complexity index is 548. The van der Waals surface area contributed by atoms with E-state index in [4.69, 9.17) is 16.9 Å². The molecule has 0 atom stereocenters. The second kappa shape index (κ2) is 5.28. The van der Waals surface area contributed by atoms with Gasteiger partial charge in [0.25, 0.3) is 0 Å². The van der Waals surface area contributed by atoms with Crippen LogP contribution >= 0.6 is 11.6 Å². The zero-order valence-corrected chi connectivity index (χ0v) is 9.65. The fraction of sp³-hybridized carbons (Fsp3) is 0.0833. The van der Waals surface area contributed by atoms with E-state index in [9.17, 15) is 0 Å². The first kappa shape index (κ1) is 11.4. The van der Waals surface area contributed by atoms with E-state index < -0.39 is 0 Å². The molecule has 2 aromatic rings. The molecule has 0 unspecified atom stereocenters. The maximum atomic E-state index is 8.75. The highest BCUT2D eigenvalue weighted by molar-refractivity contribution is 6.32. The van der Waals surface area contributed by atoms with Crippen LogP contribution in [-0.4, -0.2) is 9.97 Å². The van der Waals surface area contributed by atoms with Gasteiger partial charge in [-0.25, -0.2) is 9.97 Å². The van der Waals surface area contributed by atoms with E-state index in [1.807, 2.05) is 12.1 Å².